The lowest BCUT2D eigenvalue weighted by Crippen LogP contribution is -2.35. The van der Waals surface area contributed by atoms with Gasteiger partial charge in [0.1, 0.15) is 11.6 Å². The molecule has 8 rings (SSSR count). The second-order valence-electron chi connectivity index (χ2n) is 14.7. The summed E-state index contributed by atoms with van der Waals surface area (Å²) in [5, 5.41) is 2.14. The number of H-pyrrole nitrogens is 2. The van der Waals surface area contributed by atoms with Crippen molar-refractivity contribution in [3.63, 3.8) is 0 Å². The zero-order valence-corrected chi connectivity index (χ0v) is 33.7. The number of aromatic amines is 2. The van der Waals surface area contributed by atoms with Crippen molar-refractivity contribution in [1.29, 1.82) is 0 Å². The van der Waals surface area contributed by atoms with E-state index in [1.165, 1.54) is 0 Å². The number of imidazole rings is 2. The first-order chi connectivity index (χ1) is 27.6. The van der Waals surface area contributed by atoms with Crippen molar-refractivity contribution >= 4 is 30.8 Å². The average Bonchev–Trinajstić information content (AvgIpc) is 4.02. The number of nitrogens with one attached hydrogen (secondary N) is 2. The predicted molar refractivity (Wildman–Crippen MR) is 227 cm³/mol. The fourth-order valence-corrected chi connectivity index (χ4v) is 11.6. The summed E-state index contributed by atoms with van der Waals surface area (Å²) in [7, 11) is -7.13. The van der Waals surface area contributed by atoms with Gasteiger partial charge in [-0.2, -0.15) is 8.61 Å². The SMILES string of the molecule is CCCN(C(C)c1ncc(-c2ccc(-c3ccc(-c4cnc(C5CCCN5S(=O)(=O)Cc5ccccc5)[nH]4)c4ccccc34)cc2)[nH]1)S(=O)(=O)Cc1ccccc1. The van der Waals surface area contributed by atoms with E-state index < -0.39 is 26.1 Å². The van der Waals surface area contributed by atoms with Crippen LogP contribution in [0.1, 0.15) is 68.0 Å². The fraction of sp³-hybridized carbons (Fsp3) is 0.244. The van der Waals surface area contributed by atoms with E-state index in [2.05, 4.69) is 63.5 Å². The maximum absolute atomic E-state index is 13.6. The summed E-state index contributed by atoms with van der Waals surface area (Å²) in [5.41, 5.74) is 7.23. The highest BCUT2D eigenvalue weighted by Gasteiger charge is 2.37. The third-order valence-electron chi connectivity index (χ3n) is 10.8. The first kappa shape index (κ1) is 38.5. The van der Waals surface area contributed by atoms with Gasteiger partial charge in [-0.15, -0.1) is 0 Å². The molecule has 2 atom stereocenters. The molecule has 12 heteroatoms. The molecular formula is C45H46N6O4S2. The Labute approximate surface area is 334 Å². The van der Waals surface area contributed by atoms with Crippen LogP contribution in [0.2, 0.25) is 0 Å². The van der Waals surface area contributed by atoms with Crippen LogP contribution in [0.5, 0.6) is 0 Å². The Bertz CT molecular complexity index is 2700. The van der Waals surface area contributed by atoms with Crippen LogP contribution < -0.4 is 0 Å². The monoisotopic (exact) mass is 798 g/mol. The maximum Gasteiger partial charge on any atom is 0.218 e. The molecule has 10 nitrogen and oxygen atoms in total. The van der Waals surface area contributed by atoms with Crippen molar-refractivity contribution in [3.8, 4) is 33.6 Å². The van der Waals surface area contributed by atoms with E-state index in [-0.39, 0.29) is 17.5 Å². The van der Waals surface area contributed by atoms with Crippen LogP contribution in [-0.4, -0.2) is 58.5 Å². The molecule has 1 aliphatic heterocycles. The Balaban J connectivity index is 1.01. The fourth-order valence-electron chi connectivity index (χ4n) is 7.97. The molecular weight excluding hydrogens is 753 g/mol. The first-order valence-electron chi connectivity index (χ1n) is 19.4. The number of sulfonamides is 2. The topological polar surface area (TPSA) is 132 Å². The highest BCUT2D eigenvalue weighted by Crippen LogP contribution is 2.38. The lowest BCUT2D eigenvalue weighted by Gasteiger charge is -2.27. The Morgan fingerprint density at radius 3 is 1.98 bits per heavy atom. The summed E-state index contributed by atoms with van der Waals surface area (Å²) < 4.78 is 57.3. The molecule has 2 aromatic heterocycles. The van der Waals surface area contributed by atoms with Gasteiger partial charge in [0.2, 0.25) is 20.0 Å². The lowest BCUT2D eigenvalue weighted by atomic mass is 9.93. The number of hydrogen-bond donors (Lipinski definition) is 2. The largest absolute Gasteiger partial charge is 0.341 e. The lowest BCUT2D eigenvalue weighted by molar-refractivity contribution is 0.332. The molecule has 2 unspecified atom stereocenters. The van der Waals surface area contributed by atoms with Gasteiger partial charge in [-0.1, -0.05) is 128 Å². The molecule has 3 heterocycles. The minimum atomic E-state index is -3.59. The van der Waals surface area contributed by atoms with E-state index in [0.29, 0.717) is 37.6 Å². The van der Waals surface area contributed by atoms with Crippen LogP contribution >= 0.6 is 0 Å². The van der Waals surface area contributed by atoms with Gasteiger partial charge in [0, 0.05) is 18.7 Å². The van der Waals surface area contributed by atoms with Crippen molar-refractivity contribution in [2.75, 3.05) is 13.1 Å². The molecule has 0 saturated carbocycles. The normalized spacial score (nSPS) is 15.7. The van der Waals surface area contributed by atoms with Crippen LogP contribution in [0.3, 0.4) is 0 Å². The van der Waals surface area contributed by atoms with Gasteiger partial charge in [0.15, 0.2) is 0 Å². The quantitative estimate of drug-likeness (QED) is 0.113. The second kappa shape index (κ2) is 16.2. The first-order valence-corrected chi connectivity index (χ1v) is 22.6. The second-order valence-corrected chi connectivity index (χ2v) is 18.5. The van der Waals surface area contributed by atoms with E-state index >= 15 is 0 Å². The summed E-state index contributed by atoms with van der Waals surface area (Å²) in [4.78, 5) is 16.3. The smallest absolute Gasteiger partial charge is 0.218 e. The number of benzene rings is 5. The van der Waals surface area contributed by atoms with Crippen LogP contribution in [0.25, 0.3) is 44.4 Å². The predicted octanol–water partition coefficient (Wildman–Crippen LogP) is 9.26. The van der Waals surface area contributed by atoms with Crippen LogP contribution in [-0.2, 0) is 31.6 Å². The van der Waals surface area contributed by atoms with Crippen molar-refractivity contribution in [1.82, 2.24) is 28.5 Å². The molecule has 1 aliphatic rings. The Kier molecular flexibility index (Phi) is 10.9. The van der Waals surface area contributed by atoms with Gasteiger partial charge in [-0.25, -0.2) is 26.8 Å². The third kappa shape index (κ3) is 8.08. The molecule has 1 saturated heterocycles. The van der Waals surface area contributed by atoms with Gasteiger partial charge >= 0.3 is 0 Å². The Morgan fingerprint density at radius 2 is 1.30 bits per heavy atom. The summed E-state index contributed by atoms with van der Waals surface area (Å²) in [6.45, 7) is 4.73. The maximum atomic E-state index is 13.6. The number of rotatable bonds is 14. The molecule has 0 spiro atoms. The molecule has 1 fully saturated rings. The van der Waals surface area contributed by atoms with Gasteiger partial charge in [-0.05, 0) is 64.8 Å². The number of hydrogen-bond acceptors (Lipinski definition) is 6. The number of fused-ring (bicyclic) bond motifs is 1. The zero-order chi connectivity index (χ0) is 39.6. The summed E-state index contributed by atoms with van der Waals surface area (Å²) in [5.74, 6) is 1.16. The van der Waals surface area contributed by atoms with Gasteiger partial charge < -0.3 is 9.97 Å². The Hall–Kier alpha value is -5.40. The van der Waals surface area contributed by atoms with E-state index in [1.807, 2.05) is 92.8 Å². The van der Waals surface area contributed by atoms with E-state index in [1.54, 1.807) is 14.8 Å². The summed E-state index contributed by atoms with van der Waals surface area (Å²) in [6.07, 6.45) is 5.76. The van der Waals surface area contributed by atoms with Gasteiger partial charge in [0.25, 0.3) is 0 Å². The number of aromatic nitrogens is 4. The molecule has 0 amide bonds. The molecule has 2 N–H and O–H groups in total. The van der Waals surface area contributed by atoms with Crippen LogP contribution in [0, 0.1) is 0 Å². The molecule has 0 bridgehead atoms. The zero-order valence-electron chi connectivity index (χ0n) is 32.0. The van der Waals surface area contributed by atoms with Crippen molar-refractivity contribution in [2.45, 2.75) is 56.7 Å². The van der Waals surface area contributed by atoms with Crippen LogP contribution in [0.4, 0.5) is 0 Å². The molecule has 7 aromatic rings. The third-order valence-corrected chi connectivity index (χ3v) is 14.6. The van der Waals surface area contributed by atoms with Crippen LogP contribution in [0.15, 0.2) is 134 Å². The molecule has 5 aromatic carbocycles. The van der Waals surface area contributed by atoms with E-state index in [0.717, 1.165) is 62.0 Å². The molecule has 57 heavy (non-hydrogen) atoms. The summed E-state index contributed by atoms with van der Waals surface area (Å²) in [6, 6.07) is 38.5. The highest BCUT2D eigenvalue weighted by molar-refractivity contribution is 7.88. The van der Waals surface area contributed by atoms with Crippen molar-refractivity contribution in [3.05, 3.63) is 156 Å². The number of nitrogens with zero attached hydrogens (tertiary/aromatic N) is 4. The molecule has 0 radical (unpaired) electrons. The van der Waals surface area contributed by atoms with E-state index in [4.69, 9.17) is 4.98 Å². The highest BCUT2D eigenvalue weighted by atomic mass is 32.2. The molecule has 0 aliphatic carbocycles. The minimum Gasteiger partial charge on any atom is -0.341 e. The standard InChI is InChI=1S/C45H46N6O4S2/c1-3-26-50(56(52,53)30-33-13-6-4-7-14-33)32(2)44-46-28-41(48-44)36-22-20-35(21-23-36)37-24-25-40(39-18-11-10-17-38(37)39)42-29-47-45(49-42)43-19-12-27-51(43)57(54,55)31-34-15-8-5-9-16-34/h4-11,13-18,20-25,28-29,32,43H,3,12,19,26-27,30-31H2,1-2H3,(H,46,48)(H,47,49). The average molecular weight is 799 g/mol. The minimum absolute atomic E-state index is 0.0348. The van der Waals surface area contributed by atoms with E-state index in [9.17, 15) is 16.8 Å². The van der Waals surface area contributed by atoms with Crippen molar-refractivity contribution < 1.29 is 16.8 Å². The summed E-state index contributed by atoms with van der Waals surface area (Å²) >= 11 is 0. The van der Waals surface area contributed by atoms with Gasteiger partial charge in [-0.3, -0.25) is 0 Å². The van der Waals surface area contributed by atoms with Gasteiger partial charge in [0.05, 0.1) is 47.4 Å². The molecule has 292 valence electrons. The van der Waals surface area contributed by atoms with Crippen molar-refractivity contribution in [2.24, 2.45) is 0 Å². The Morgan fingerprint density at radius 1 is 0.702 bits per heavy atom.